The lowest BCUT2D eigenvalue weighted by Crippen LogP contribution is -2.34. The summed E-state index contributed by atoms with van der Waals surface area (Å²) in [5.41, 5.74) is 0.693. The molecule has 1 N–H and O–H groups in total. The molecule has 0 aromatic carbocycles. The summed E-state index contributed by atoms with van der Waals surface area (Å²) in [6.45, 7) is 6.97. The highest BCUT2D eigenvalue weighted by Gasteiger charge is 2.29. The van der Waals surface area contributed by atoms with E-state index in [-0.39, 0.29) is 23.2 Å². The molecule has 25 heavy (non-hydrogen) atoms. The Morgan fingerprint density at radius 1 is 1.36 bits per heavy atom. The third-order valence-corrected chi connectivity index (χ3v) is 3.44. The second kappa shape index (κ2) is 5.83. The molecule has 2 aromatic heterocycles. The number of nitrogens with zero attached hydrogens (tertiary/aromatic N) is 4. The van der Waals surface area contributed by atoms with E-state index in [0.29, 0.717) is 11.4 Å². The monoisotopic (exact) mass is 345 g/mol. The van der Waals surface area contributed by atoms with Gasteiger partial charge >= 0.3 is 5.97 Å². The van der Waals surface area contributed by atoms with Gasteiger partial charge in [0, 0.05) is 7.05 Å². The van der Waals surface area contributed by atoms with Crippen molar-refractivity contribution in [2.45, 2.75) is 39.4 Å². The molecule has 0 fully saturated rings. The number of aryl methyl sites for hydroxylation is 1. The first-order chi connectivity index (χ1) is 11.7. The third kappa shape index (κ3) is 3.30. The van der Waals surface area contributed by atoms with Crippen molar-refractivity contribution in [2.24, 2.45) is 7.05 Å². The Balaban J connectivity index is 2.00. The Kier molecular flexibility index (Phi) is 3.94. The zero-order valence-corrected chi connectivity index (χ0v) is 14.7. The van der Waals surface area contributed by atoms with Crippen molar-refractivity contribution >= 4 is 17.6 Å². The van der Waals surface area contributed by atoms with Crippen LogP contribution in [-0.2, 0) is 16.6 Å². The van der Waals surface area contributed by atoms with Crippen LogP contribution in [0.15, 0.2) is 12.1 Å². The van der Waals surface area contributed by atoms with Crippen LogP contribution in [0.4, 0.5) is 5.69 Å². The van der Waals surface area contributed by atoms with Gasteiger partial charge in [-0.1, -0.05) is 5.21 Å². The maximum atomic E-state index is 12.5. The number of pyridine rings is 1. The number of nitrogens with one attached hydrogen (secondary N) is 1. The molecule has 1 amide bonds. The average molecular weight is 345 g/mol. The van der Waals surface area contributed by atoms with Crippen molar-refractivity contribution in [2.75, 3.05) is 5.32 Å². The van der Waals surface area contributed by atoms with Gasteiger partial charge in [-0.2, -0.15) is 0 Å². The van der Waals surface area contributed by atoms with E-state index in [2.05, 4.69) is 20.6 Å². The zero-order valence-electron chi connectivity index (χ0n) is 14.7. The maximum Gasteiger partial charge on any atom is 0.359 e. The van der Waals surface area contributed by atoms with Gasteiger partial charge in [0.25, 0.3) is 5.91 Å². The molecule has 0 bridgehead atoms. The molecule has 9 heteroatoms. The summed E-state index contributed by atoms with van der Waals surface area (Å²) in [7, 11) is 1.60. The fraction of sp³-hybridized carbons (Fsp3) is 0.438. The molecule has 132 valence electrons. The van der Waals surface area contributed by atoms with Crippen LogP contribution in [0.2, 0.25) is 0 Å². The molecule has 0 radical (unpaired) electrons. The van der Waals surface area contributed by atoms with Crippen LogP contribution in [0.25, 0.3) is 11.4 Å². The quantitative estimate of drug-likeness (QED) is 0.823. The van der Waals surface area contributed by atoms with Gasteiger partial charge in [-0.15, -0.1) is 5.10 Å². The van der Waals surface area contributed by atoms with E-state index in [4.69, 9.17) is 9.47 Å². The SMILES string of the molecule is CC1Oc2nc(-c3nnn(C)c3C(=O)OC(C)(C)C)ccc2NC1=O. The van der Waals surface area contributed by atoms with Crippen LogP contribution in [0, 0.1) is 0 Å². The minimum absolute atomic E-state index is 0.190. The number of carbonyl (C=O) groups excluding carboxylic acids is 2. The summed E-state index contributed by atoms with van der Waals surface area (Å²) >= 11 is 0. The Labute approximate surface area is 144 Å². The molecule has 9 nitrogen and oxygen atoms in total. The van der Waals surface area contributed by atoms with Crippen LogP contribution < -0.4 is 10.1 Å². The molecule has 1 atom stereocenters. The largest absolute Gasteiger partial charge is 0.463 e. The van der Waals surface area contributed by atoms with E-state index in [0.717, 1.165) is 0 Å². The molecule has 3 heterocycles. The number of esters is 1. The van der Waals surface area contributed by atoms with Gasteiger partial charge in [-0.25, -0.2) is 14.5 Å². The zero-order chi connectivity index (χ0) is 18.4. The first kappa shape index (κ1) is 16.9. The van der Waals surface area contributed by atoms with Gasteiger partial charge in [0.15, 0.2) is 11.8 Å². The van der Waals surface area contributed by atoms with E-state index >= 15 is 0 Å². The van der Waals surface area contributed by atoms with E-state index < -0.39 is 17.7 Å². The van der Waals surface area contributed by atoms with Crippen molar-refractivity contribution in [3.05, 3.63) is 17.8 Å². The predicted molar refractivity (Wildman–Crippen MR) is 88.1 cm³/mol. The fourth-order valence-corrected chi connectivity index (χ4v) is 2.30. The molecule has 0 saturated heterocycles. The number of fused-ring (bicyclic) bond motifs is 1. The van der Waals surface area contributed by atoms with Gasteiger partial charge in [-0.3, -0.25) is 4.79 Å². The third-order valence-electron chi connectivity index (χ3n) is 3.44. The molecular weight excluding hydrogens is 326 g/mol. The van der Waals surface area contributed by atoms with Crippen molar-refractivity contribution in [1.29, 1.82) is 0 Å². The van der Waals surface area contributed by atoms with Crippen molar-refractivity contribution < 1.29 is 19.1 Å². The first-order valence-corrected chi connectivity index (χ1v) is 7.77. The Morgan fingerprint density at radius 2 is 2.08 bits per heavy atom. The van der Waals surface area contributed by atoms with Gasteiger partial charge in [-0.05, 0) is 39.8 Å². The van der Waals surface area contributed by atoms with Crippen LogP contribution in [-0.4, -0.2) is 43.6 Å². The minimum Gasteiger partial charge on any atom is -0.463 e. The molecule has 2 aromatic rings. The lowest BCUT2D eigenvalue weighted by molar-refractivity contribution is -0.122. The van der Waals surface area contributed by atoms with Crippen LogP contribution >= 0.6 is 0 Å². The molecule has 0 spiro atoms. The number of carbonyl (C=O) groups is 2. The predicted octanol–water partition coefficient (Wildman–Crippen LogP) is 1.55. The molecule has 0 aliphatic carbocycles. The summed E-state index contributed by atoms with van der Waals surface area (Å²) < 4.78 is 12.3. The molecular formula is C16H19N5O4. The topological polar surface area (TPSA) is 108 Å². The van der Waals surface area contributed by atoms with Crippen molar-refractivity contribution in [3.63, 3.8) is 0 Å². The summed E-state index contributed by atoms with van der Waals surface area (Å²) in [6.07, 6.45) is -0.651. The fourth-order valence-electron chi connectivity index (χ4n) is 2.30. The van der Waals surface area contributed by atoms with Gasteiger partial charge < -0.3 is 14.8 Å². The smallest absolute Gasteiger partial charge is 0.359 e. The highest BCUT2D eigenvalue weighted by molar-refractivity contribution is 5.98. The Bertz CT molecular complexity index is 853. The standard InChI is InChI=1S/C16H19N5O4/c1-8-13(22)17-10-7-6-9(18-14(10)24-8)11-12(21(5)20-19-11)15(23)25-16(2,3)4/h6-8H,1-5H3,(H,17,22). The highest BCUT2D eigenvalue weighted by atomic mass is 16.6. The van der Waals surface area contributed by atoms with Gasteiger partial charge in [0.05, 0.1) is 5.69 Å². The van der Waals surface area contributed by atoms with E-state index in [1.54, 1.807) is 46.9 Å². The van der Waals surface area contributed by atoms with E-state index in [1.807, 2.05) is 0 Å². The number of rotatable bonds is 2. The number of amides is 1. The van der Waals surface area contributed by atoms with Crippen LogP contribution in [0.5, 0.6) is 5.88 Å². The molecule has 3 rings (SSSR count). The van der Waals surface area contributed by atoms with Gasteiger partial charge in [0.2, 0.25) is 5.88 Å². The van der Waals surface area contributed by atoms with Crippen LogP contribution in [0.1, 0.15) is 38.2 Å². The average Bonchev–Trinajstić information content (AvgIpc) is 2.88. The lowest BCUT2D eigenvalue weighted by Gasteiger charge is -2.22. The molecule has 0 saturated carbocycles. The highest BCUT2D eigenvalue weighted by Crippen LogP contribution is 2.31. The van der Waals surface area contributed by atoms with Crippen molar-refractivity contribution in [3.8, 4) is 17.3 Å². The van der Waals surface area contributed by atoms with E-state index in [9.17, 15) is 9.59 Å². The first-order valence-electron chi connectivity index (χ1n) is 7.77. The van der Waals surface area contributed by atoms with E-state index in [1.165, 1.54) is 4.68 Å². The summed E-state index contributed by atoms with van der Waals surface area (Å²) in [6, 6.07) is 3.28. The number of hydrogen-bond donors (Lipinski definition) is 1. The number of aromatic nitrogens is 4. The molecule has 1 aliphatic rings. The summed E-state index contributed by atoms with van der Waals surface area (Å²) in [5, 5.41) is 10.6. The minimum atomic E-state index is -0.651. The second-order valence-electron chi connectivity index (χ2n) is 6.71. The van der Waals surface area contributed by atoms with Crippen molar-refractivity contribution in [1.82, 2.24) is 20.0 Å². The Morgan fingerprint density at radius 3 is 2.76 bits per heavy atom. The number of anilines is 1. The molecule has 1 aliphatic heterocycles. The lowest BCUT2D eigenvalue weighted by atomic mass is 10.1. The summed E-state index contributed by atoms with van der Waals surface area (Å²) in [4.78, 5) is 28.5. The van der Waals surface area contributed by atoms with Gasteiger partial charge in [0.1, 0.15) is 17.0 Å². The molecule has 1 unspecified atom stereocenters. The number of ether oxygens (including phenoxy) is 2. The Hall–Kier alpha value is -2.97. The number of hydrogen-bond acceptors (Lipinski definition) is 7. The normalized spacial score (nSPS) is 16.7. The maximum absolute atomic E-state index is 12.5. The van der Waals surface area contributed by atoms with Crippen LogP contribution in [0.3, 0.4) is 0 Å². The second-order valence-corrected chi connectivity index (χ2v) is 6.71. The summed E-state index contributed by atoms with van der Waals surface area (Å²) in [5.74, 6) is -0.515.